The van der Waals surface area contributed by atoms with E-state index in [1.807, 2.05) is 12.2 Å². The number of benzene rings is 2. The summed E-state index contributed by atoms with van der Waals surface area (Å²) in [6.07, 6.45) is 6.68. The van der Waals surface area contributed by atoms with Gasteiger partial charge in [-0.3, -0.25) is 0 Å². The Kier molecular flexibility index (Phi) is 6.87. The second-order valence-corrected chi connectivity index (χ2v) is 14.2. The molecule has 3 nitrogen and oxygen atoms in total. The molecule has 5 atom stereocenters. The van der Waals surface area contributed by atoms with Crippen molar-refractivity contribution in [1.29, 1.82) is 0 Å². The van der Waals surface area contributed by atoms with Crippen LogP contribution in [0, 0.1) is 0 Å². The molecule has 2 aliphatic heterocycles. The molecule has 0 bridgehead atoms. The molecule has 2 aromatic rings. The normalized spacial score (nSPS) is 28.5. The second kappa shape index (κ2) is 9.48. The van der Waals surface area contributed by atoms with E-state index in [4.69, 9.17) is 13.9 Å². The van der Waals surface area contributed by atoms with Crippen molar-refractivity contribution in [3.05, 3.63) is 86.0 Å². The fraction of sp³-hybridized carbons (Fsp3) is 0.429. The van der Waals surface area contributed by atoms with Crippen LogP contribution >= 0.6 is 0 Å². The molecule has 32 heavy (non-hydrogen) atoms. The van der Waals surface area contributed by atoms with Gasteiger partial charge in [-0.2, -0.15) is 0 Å². The molecule has 0 aromatic heterocycles. The van der Waals surface area contributed by atoms with Crippen molar-refractivity contribution >= 4 is 18.7 Å². The maximum atomic E-state index is 7.43. The molecule has 2 fully saturated rings. The third kappa shape index (κ3) is 4.55. The molecule has 4 rings (SSSR count). The van der Waals surface area contributed by atoms with Gasteiger partial charge in [0.05, 0.1) is 24.4 Å². The van der Waals surface area contributed by atoms with Crippen LogP contribution in [0.25, 0.3) is 0 Å². The first-order valence-corrected chi connectivity index (χ1v) is 13.6. The summed E-state index contributed by atoms with van der Waals surface area (Å²) in [5.74, 6) is 0. The Morgan fingerprint density at radius 3 is 1.94 bits per heavy atom. The molecule has 2 heterocycles. The highest BCUT2D eigenvalue weighted by Crippen LogP contribution is 2.41. The Hall–Kier alpha value is -1.98. The van der Waals surface area contributed by atoms with Crippen molar-refractivity contribution in [3.63, 3.8) is 0 Å². The number of hydrogen-bond acceptors (Lipinski definition) is 3. The summed E-state index contributed by atoms with van der Waals surface area (Å²) in [6, 6.07) is 21.5. The molecule has 2 aliphatic rings. The van der Waals surface area contributed by atoms with Crippen LogP contribution in [0.1, 0.15) is 40.0 Å². The number of rotatable bonds is 6. The first-order valence-electron chi connectivity index (χ1n) is 11.7. The second-order valence-electron chi connectivity index (χ2n) is 9.96. The topological polar surface area (TPSA) is 31.0 Å². The van der Waals surface area contributed by atoms with E-state index in [9.17, 15) is 0 Å². The van der Waals surface area contributed by atoms with Crippen LogP contribution in [-0.4, -0.2) is 38.8 Å². The minimum absolute atomic E-state index is 0.0220. The molecule has 0 radical (unpaired) electrons. The fourth-order valence-electron chi connectivity index (χ4n) is 5.10. The maximum absolute atomic E-state index is 7.43. The first kappa shape index (κ1) is 23.2. The van der Waals surface area contributed by atoms with Crippen LogP contribution in [0.15, 0.2) is 86.0 Å². The first-order chi connectivity index (χ1) is 15.4. The molecule has 0 aliphatic carbocycles. The zero-order valence-corrected chi connectivity index (χ0v) is 20.6. The van der Waals surface area contributed by atoms with Gasteiger partial charge in [0.15, 0.2) is 0 Å². The van der Waals surface area contributed by atoms with Crippen LogP contribution in [0.2, 0.25) is 5.04 Å². The van der Waals surface area contributed by atoms with Crippen LogP contribution in [0.5, 0.6) is 0 Å². The van der Waals surface area contributed by atoms with Crippen LogP contribution in [-0.2, 0) is 13.9 Å². The molecule has 0 amide bonds. The Labute approximate surface area is 194 Å². The van der Waals surface area contributed by atoms with E-state index in [-0.39, 0.29) is 29.5 Å². The molecular weight excluding hydrogens is 412 g/mol. The summed E-state index contributed by atoms with van der Waals surface area (Å²) in [4.78, 5) is 0. The van der Waals surface area contributed by atoms with Crippen molar-refractivity contribution < 1.29 is 13.9 Å². The van der Waals surface area contributed by atoms with E-state index in [2.05, 4.69) is 94.6 Å². The van der Waals surface area contributed by atoms with Crippen LogP contribution in [0.3, 0.4) is 0 Å². The van der Waals surface area contributed by atoms with E-state index in [0.717, 1.165) is 19.3 Å². The third-order valence-electron chi connectivity index (χ3n) is 6.83. The van der Waals surface area contributed by atoms with Crippen molar-refractivity contribution in [2.45, 2.75) is 75.6 Å². The summed E-state index contributed by atoms with van der Waals surface area (Å²) in [5.41, 5.74) is 0. The van der Waals surface area contributed by atoms with E-state index >= 15 is 0 Å². The van der Waals surface area contributed by atoms with Crippen molar-refractivity contribution in [2.75, 3.05) is 0 Å². The predicted molar refractivity (Wildman–Crippen MR) is 134 cm³/mol. The Morgan fingerprint density at radius 2 is 1.44 bits per heavy atom. The number of fused-ring (bicyclic) bond motifs is 1. The van der Waals surface area contributed by atoms with Crippen LogP contribution < -0.4 is 10.4 Å². The summed E-state index contributed by atoms with van der Waals surface area (Å²) in [5, 5.41) is 2.45. The van der Waals surface area contributed by atoms with Gasteiger partial charge in [0, 0.05) is 6.42 Å². The van der Waals surface area contributed by atoms with Crippen molar-refractivity contribution in [3.8, 4) is 0 Å². The SMILES string of the molecule is C=C[C@H]1CC[C@H]2O[C@H]2C[C@H](O[Si](c2ccccc2)(c2ccccc2)C(C)(C)C)[C@@H](C=C)O1. The van der Waals surface area contributed by atoms with Gasteiger partial charge < -0.3 is 13.9 Å². The van der Waals surface area contributed by atoms with Gasteiger partial charge in [0.1, 0.15) is 6.10 Å². The Balaban J connectivity index is 1.82. The highest BCUT2D eigenvalue weighted by Gasteiger charge is 2.53. The van der Waals surface area contributed by atoms with E-state index in [1.54, 1.807) is 0 Å². The molecule has 170 valence electrons. The lowest BCUT2D eigenvalue weighted by Crippen LogP contribution is -2.68. The van der Waals surface area contributed by atoms with Crippen LogP contribution in [0.4, 0.5) is 0 Å². The largest absolute Gasteiger partial charge is 0.401 e. The molecule has 0 saturated carbocycles. The van der Waals surface area contributed by atoms with E-state index in [1.165, 1.54) is 10.4 Å². The third-order valence-corrected chi connectivity index (χ3v) is 11.9. The highest BCUT2D eigenvalue weighted by atomic mass is 28.4. The zero-order valence-electron chi connectivity index (χ0n) is 19.6. The molecule has 2 saturated heterocycles. The average Bonchev–Trinajstić information content (AvgIpc) is 3.54. The quantitative estimate of drug-likeness (QED) is 0.354. The zero-order chi connectivity index (χ0) is 22.8. The number of epoxide rings is 1. The van der Waals surface area contributed by atoms with Gasteiger partial charge in [-0.25, -0.2) is 0 Å². The summed E-state index contributed by atoms with van der Waals surface area (Å²) in [6.45, 7) is 15.0. The molecule has 0 N–H and O–H groups in total. The van der Waals surface area contributed by atoms with E-state index < -0.39 is 8.32 Å². The molecule has 2 aromatic carbocycles. The van der Waals surface area contributed by atoms with Gasteiger partial charge in [-0.1, -0.05) is 93.6 Å². The monoisotopic (exact) mass is 448 g/mol. The van der Waals surface area contributed by atoms with E-state index in [0.29, 0.717) is 6.10 Å². The van der Waals surface area contributed by atoms with Crippen molar-refractivity contribution in [1.82, 2.24) is 0 Å². The fourth-order valence-corrected chi connectivity index (χ4v) is 9.80. The van der Waals surface area contributed by atoms with Gasteiger partial charge in [-0.15, -0.1) is 13.2 Å². The lowest BCUT2D eigenvalue weighted by atomic mass is 10.1. The molecular formula is C28H36O3Si. The highest BCUT2D eigenvalue weighted by molar-refractivity contribution is 6.99. The lowest BCUT2D eigenvalue weighted by Gasteiger charge is -2.46. The minimum Gasteiger partial charge on any atom is -0.401 e. The molecule has 0 spiro atoms. The smallest absolute Gasteiger partial charge is 0.261 e. The van der Waals surface area contributed by atoms with Gasteiger partial charge in [0.25, 0.3) is 8.32 Å². The number of hydrogen-bond donors (Lipinski definition) is 0. The van der Waals surface area contributed by atoms with Gasteiger partial charge in [0.2, 0.25) is 0 Å². The van der Waals surface area contributed by atoms with Gasteiger partial charge >= 0.3 is 0 Å². The minimum atomic E-state index is -2.70. The Bertz CT molecular complexity index is 866. The molecule has 4 heteroatoms. The maximum Gasteiger partial charge on any atom is 0.261 e. The average molecular weight is 449 g/mol. The standard InChI is InChI=1S/C28H36O3Si/c1-6-21-18-19-25-26(30-25)20-27(24(7-2)29-21)31-32(28(3,4)5,22-14-10-8-11-15-22)23-16-12-9-13-17-23/h6-17,21,24-27H,1-2,18-20H2,3-5H3/t21-,24+,25+,26-,27-/m0/s1. The number of ether oxygens (including phenoxy) is 2. The summed E-state index contributed by atoms with van der Waals surface area (Å²) >= 11 is 0. The van der Waals surface area contributed by atoms with Crippen molar-refractivity contribution in [2.24, 2.45) is 0 Å². The summed E-state index contributed by atoms with van der Waals surface area (Å²) in [7, 11) is -2.70. The molecule has 0 unspecified atom stereocenters. The summed E-state index contributed by atoms with van der Waals surface area (Å²) < 4.78 is 19.9. The van der Waals surface area contributed by atoms with Gasteiger partial charge in [-0.05, 0) is 28.3 Å². The Morgan fingerprint density at radius 1 is 0.844 bits per heavy atom. The lowest BCUT2D eigenvalue weighted by molar-refractivity contribution is -0.0357. The predicted octanol–water partition coefficient (Wildman–Crippen LogP) is 5.01.